The van der Waals surface area contributed by atoms with Crippen LogP contribution < -0.4 is 11.1 Å². The molecule has 0 unspecified atom stereocenters. The molecular weight excluding hydrogens is 293 g/mol. The highest BCUT2D eigenvalue weighted by Crippen LogP contribution is 2.36. The summed E-state index contributed by atoms with van der Waals surface area (Å²) in [5.74, 6) is -0.738. The molecule has 0 atom stereocenters. The number of amides is 2. The minimum absolute atomic E-state index is 0.0688. The number of fused-ring (bicyclic) bond motifs is 1. The summed E-state index contributed by atoms with van der Waals surface area (Å²) in [4.78, 5) is 25.8. The Hall–Kier alpha value is -2.15. The number of nitrogen functional groups attached to an aromatic ring is 1. The minimum Gasteiger partial charge on any atom is -0.397 e. The highest BCUT2D eigenvalue weighted by molar-refractivity contribution is 7.21. The van der Waals surface area contributed by atoms with Gasteiger partial charge >= 0.3 is 0 Å². The molecular formula is C14H14FN3O2S. The molecule has 0 saturated carbocycles. The van der Waals surface area contributed by atoms with Crippen LogP contribution in [0.25, 0.3) is 10.1 Å². The van der Waals surface area contributed by atoms with Gasteiger partial charge in [0.1, 0.15) is 10.7 Å². The molecule has 110 valence electrons. The third-order valence-electron chi connectivity index (χ3n) is 3.50. The van der Waals surface area contributed by atoms with E-state index < -0.39 is 5.82 Å². The second kappa shape index (κ2) is 5.33. The van der Waals surface area contributed by atoms with Crippen molar-refractivity contribution in [3.05, 3.63) is 28.9 Å². The topological polar surface area (TPSA) is 75.4 Å². The minimum atomic E-state index is -0.423. The van der Waals surface area contributed by atoms with Crippen molar-refractivity contribution < 1.29 is 14.0 Å². The van der Waals surface area contributed by atoms with Crippen molar-refractivity contribution in [2.24, 2.45) is 0 Å². The van der Waals surface area contributed by atoms with Crippen LogP contribution >= 0.6 is 11.3 Å². The molecule has 21 heavy (non-hydrogen) atoms. The molecule has 1 saturated heterocycles. The van der Waals surface area contributed by atoms with E-state index in [0.29, 0.717) is 34.6 Å². The number of benzene rings is 1. The van der Waals surface area contributed by atoms with Crippen LogP contribution in [-0.2, 0) is 4.79 Å². The van der Waals surface area contributed by atoms with Crippen molar-refractivity contribution in [1.29, 1.82) is 0 Å². The molecule has 2 aromatic rings. The van der Waals surface area contributed by atoms with E-state index >= 15 is 0 Å². The number of hydrogen-bond donors (Lipinski definition) is 2. The Morgan fingerprint density at radius 1 is 1.38 bits per heavy atom. The fourth-order valence-corrected chi connectivity index (χ4v) is 3.51. The average Bonchev–Trinajstić information content (AvgIpc) is 2.65. The number of nitrogens with zero attached hydrogens (tertiary/aromatic N) is 1. The Morgan fingerprint density at radius 3 is 2.95 bits per heavy atom. The lowest BCUT2D eigenvalue weighted by Crippen LogP contribution is -2.34. The van der Waals surface area contributed by atoms with E-state index in [-0.39, 0.29) is 23.9 Å². The summed E-state index contributed by atoms with van der Waals surface area (Å²) in [6.45, 7) is 1.20. The Labute approximate surface area is 124 Å². The summed E-state index contributed by atoms with van der Waals surface area (Å²) in [5.41, 5.74) is 6.14. The zero-order valence-corrected chi connectivity index (χ0v) is 12.0. The van der Waals surface area contributed by atoms with Crippen molar-refractivity contribution in [1.82, 2.24) is 10.2 Å². The molecule has 7 heteroatoms. The Morgan fingerprint density at radius 2 is 2.19 bits per heavy atom. The van der Waals surface area contributed by atoms with Gasteiger partial charge in [-0.1, -0.05) is 6.07 Å². The summed E-state index contributed by atoms with van der Waals surface area (Å²) < 4.78 is 14.5. The Bertz CT molecular complexity index is 728. The molecule has 1 aromatic heterocycles. The van der Waals surface area contributed by atoms with Crippen LogP contribution in [0.15, 0.2) is 18.2 Å². The van der Waals surface area contributed by atoms with Gasteiger partial charge in [0, 0.05) is 30.8 Å². The zero-order chi connectivity index (χ0) is 15.0. The zero-order valence-electron chi connectivity index (χ0n) is 11.2. The largest absolute Gasteiger partial charge is 0.397 e. The maximum absolute atomic E-state index is 13.8. The van der Waals surface area contributed by atoms with E-state index in [0.717, 1.165) is 0 Å². The lowest BCUT2D eigenvalue weighted by atomic mass is 10.2. The third kappa shape index (κ3) is 2.44. The fraction of sp³-hybridized carbons (Fsp3) is 0.286. The average molecular weight is 307 g/mol. The van der Waals surface area contributed by atoms with E-state index in [1.54, 1.807) is 17.0 Å². The van der Waals surface area contributed by atoms with E-state index in [9.17, 15) is 14.0 Å². The number of rotatable bonds is 1. The monoisotopic (exact) mass is 307 g/mol. The molecule has 5 nitrogen and oxygen atoms in total. The number of halogens is 1. The van der Waals surface area contributed by atoms with Gasteiger partial charge in [0.15, 0.2) is 0 Å². The first-order valence-electron chi connectivity index (χ1n) is 6.60. The Kier molecular flexibility index (Phi) is 3.50. The number of hydrogen-bond acceptors (Lipinski definition) is 4. The molecule has 2 amide bonds. The molecule has 1 aliphatic rings. The summed E-state index contributed by atoms with van der Waals surface area (Å²) in [7, 11) is 0. The van der Waals surface area contributed by atoms with Crippen LogP contribution in [0.5, 0.6) is 0 Å². The van der Waals surface area contributed by atoms with Gasteiger partial charge in [-0.3, -0.25) is 9.59 Å². The van der Waals surface area contributed by atoms with E-state index in [4.69, 9.17) is 5.73 Å². The molecule has 1 fully saturated rings. The standard InChI is InChI=1S/C14H14FN3O2S/c15-8-2-1-3-9-11(8)12(16)13(21-9)14(20)18-6-4-10(19)17-5-7-18/h1-3H,4-7,16H2,(H,17,19). The number of thiophene rings is 1. The number of nitrogens with two attached hydrogens (primary N) is 1. The highest BCUT2D eigenvalue weighted by Gasteiger charge is 2.25. The molecule has 3 N–H and O–H groups in total. The normalized spacial score (nSPS) is 15.9. The van der Waals surface area contributed by atoms with Crippen LogP contribution in [-0.4, -0.2) is 36.3 Å². The first kappa shape index (κ1) is 13.8. The van der Waals surface area contributed by atoms with Crippen molar-refractivity contribution in [3.63, 3.8) is 0 Å². The third-order valence-corrected chi connectivity index (χ3v) is 4.65. The van der Waals surface area contributed by atoms with Gasteiger partial charge < -0.3 is 16.0 Å². The van der Waals surface area contributed by atoms with Crippen LogP contribution in [0.2, 0.25) is 0 Å². The lowest BCUT2D eigenvalue weighted by Gasteiger charge is -2.18. The molecule has 0 aliphatic carbocycles. The molecule has 1 aromatic carbocycles. The quantitative estimate of drug-likeness (QED) is 0.840. The van der Waals surface area contributed by atoms with E-state index in [1.807, 2.05) is 0 Å². The van der Waals surface area contributed by atoms with Gasteiger partial charge in [-0.15, -0.1) is 11.3 Å². The lowest BCUT2D eigenvalue weighted by molar-refractivity contribution is -0.120. The van der Waals surface area contributed by atoms with Gasteiger partial charge in [-0.2, -0.15) is 0 Å². The predicted octanol–water partition coefficient (Wildman–Crippen LogP) is 1.58. The number of carbonyl (C=O) groups excluding carboxylic acids is 2. The van der Waals surface area contributed by atoms with Crippen LogP contribution in [0.4, 0.5) is 10.1 Å². The van der Waals surface area contributed by atoms with E-state index in [1.165, 1.54) is 17.4 Å². The van der Waals surface area contributed by atoms with Crippen molar-refractivity contribution in [3.8, 4) is 0 Å². The molecule has 3 rings (SSSR count). The van der Waals surface area contributed by atoms with Gasteiger partial charge in [0.05, 0.1) is 11.1 Å². The maximum Gasteiger partial charge on any atom is 0.266 e. The van der Waals surface area contributed by atoms with Gasteiger partial charge in [-0.05, 0) is 12.1 Å². The number of nitrogens with one attached hydrogen (secondary N) is 1. The number of carbonyl (C=O) groups is 2. The second-order valence-corrected chi connectivity index (χ2v) is 5.90. The van der Waals surface area contributed by atoms with Crippen molar-refractivity contribution in [2.45, 2.75) is 6.42 Å². The summed E-state index contributed by atoms with van der Waals surface area (Å²) >= 11 is 1.19. The summed E-state index contributed by atoms with van der Waals surface area (Å²) in [6.07, 6.45) is 0.269. The number of anilines is 1. The summed E-state index contributed by atoms with van der Waals surface area (Å²) in [5, 5.41) is 3.01. The smallest absolute Gasteiger partial charge is 0.266 e. The van der Waals surface area contributed by atoms with Crippen LogP contribution in [0, 0.1) is 5.82 Å². The highest BCUT2D eigenvalue weighted by atomic mass is 32.1. The molecule has 0 radical (unpaired) electrons. The molecule has 2 heterocycles. The summed E-state index contributed by atoms with van der Waals surface area (Å²) in [6, 6.07) is 4.66. The van der Waals surface area contributed by atoms with Crippen LogP contribution in [0.1, 0.15) is 16.1 Å². The Balaban J connectivity index is 1.96. The molecule has 0 bridgehead atoms. The SMILES string of the molecule is Nc1c(C(=O)N2CCNC(=O)CC2)sc2cccc(F)c12. The van der Waals surface area contributed by atoms with E-state index in [2.05, 4.69) is 5.32 Å². The van der Waals surface area contributed by atoms with Crippen molar-refractivity contribution in [2.75, 3.05) is 25.4 Å². The molecule has 1 aliphatic heterocycles. The maximum atomic E-state index is 13.8. The van der Waals surface area contributed by atoms with Crippen LogP contribution in [0.3, 0.4) is 0 Å². The van der Waals surface area contributed by atoms with Gasteiger partial charge in [0.25, 0.3) is 5.91 Å². The van der Waals surface area contributed by atoms with Crippen molar-refractivity contribution >= 4 is 38.9 Å². The molecule has 0 spiro atoms. The fourth-order valence-electron chi connectivity index (χ4n) is 2.40. The first-order valence-corrected chi connectivity index (χ1v) is 7.42. The van der Waals surface area contributed by atoms with Gasteiger partial charge in [-0.25, -0.2) is 4.39 Å². The van der Waals surface area contributed by atoms with Gasteiger partial charge in [0.2, 0.25) is 5.91 Å². The second-order valence-electron chi connectivity index (χ2n) is 4.85. The first-order chi connectivity index (χ1) is 10.1. The predicted molar refractivity (Wildman–Crippen MR) is 79.7 cm³/mol.